The van der Waals surface area contributed by atoms with E-state index in [1.165, 1.54) is 0 Å². The molecule has 4 heteroatoms. The van der Waals surface area contributed by atoms with Gasteiger partial charge >= 0.3 is 0 Å². The number of pyridine rings is 1. The lowest BCUT2D eigenvalue weighted by Crippen LogP contribution is -1.96. The standard InChI is InChI=1S/C9H8ClN3/c10-9-5-8(1-2-12-9)6-13-4-3-11-7-13/h1-5,7H,6H2. The molecule has 0 unspecified atom stereocenters. The molecular weight excluding hydrogens is 186 g/mol. The number of halogens is 1. The number of nitrogens with zero attached hydrogens (tertiary/aromatic N) is 3. The maximum atomic E-state index is 5.75. The molecule has 0 N–H and O–H groups in total. The third-order valence-electron chi connectivity index (χ3n) is 1.72. The average molecular weight is 194 g/mol. The zero-order chi connectivity index (χ0) is 9.10. The van der Waals surface area contributed by atoms with Crippen molar-refractivity contribution in [2.75, 3.05) is 0 Å². The van der Waals surface area contributed by atoms with E-state index in [-0.39, 0.29) is 0 Å². The summed E-state index contributed by atoms with van der Waals surface area (Å²) in [5.74, 6) is 0. The second kappa shape index (κ2) is 3.58. The molecule has 0 saturated carbocycles. The predicted octanol–water partition coefficient (Wildman–Crippen LogP) is 1.98. The summed E-state index contributed by atoms with van der Waals surface area (Å²) < 4.78 is 1.98. The van der Waals surface area contributed by atoms with E-state index in [0.29, 0.717) is 5.15 Å². The Morgan fingerprint density at radius 1 is 1.38 bits per heavy atom. The van der Waals surface area contributed by atoms with Crippen molar-refractivity contribution in [3.05, 3.63) is 47.8 Å². The van der Waals surface area contributed by atoms with Crippen molar-refractivity contribution in [2.45, 2.75) is 6.54 Å². The largest absolute Gasteiger partial charge is 0.333 e. The molecule has 0 aliphatic heterocycles. The van der Waals surface area contributed by atoms with Gasteiger partial charge in [-0.2, -0.15) is 0 Å². The fourth-order valence-corrected chi connectivity index (χ4v) is 1.33. The van der Waals surface area contributed by atoms with Crippen molar-refractivity contribution in [1.82, 2.24) is 14.5 Å². The topological polar surface area (TPSA) is 30.7 Å². The molecule has 0 fully saturated rings. The van der Waals surface area contributed by atoms with Gasteiger partial charge in [0.25, 0.3) is 0 Å². The van der Waals surface area contributed by atoms with E-state index in [1.807, 2.05) is 22.9 Å². The molecule has 2 aromatic rings. The quantitative estimate of drug-likeness (QED) is 0.683. The number of hydrogen-bond donors (Lipinski definition) is 0. The first-order valence-electron chi connectivity index (χ1n) is 3.91. The second-order valence-corrected chi connectivity index (χ2v) is 3.11. The van der Waals surface area contributed by atoms with Gasteiger partial charge in [0.1, 0.15) is 5.15 Å². The van der Waals surface area contributed by atoms with E-state index in [1.54, 1.807) is 18.7 Å². The highest BCUT2D eigenvalue weighted by molar-refractivity contribution is 6.29. The Morgan fingerprint density at radius 2 is 2.31 bits per heavy atom. The van der Waals surface area contributed by atoms with Gasteiger partial charge in [-0.25, -0.2) is 9.97 Å². The SMILES string of the molecule is Clc1cc(Cn2ccnc2)ccn1. The lowest BCUT2D eigenvalue weighted by atomic mass is 10.3. The van der Waals surface area contributed by atoms with Crippen LogP contribution in [0, 0.1) is 0 Å². The highest BCUT2D eigenvalue weighted by Crippen LogP contribution is 2.08. The van der Waals surface area contributed by atoms with Crippen LogP contribution in [-0.2, 0) is 6.54 Å². The Balaban J connectivity index is 2.19. The van der Waals surface area contributed by atoms with Crippen molar-refractivity contribution in [3.63, 3.8) is 0 Å². The number of rotatable bonds is 2. The van der Waals surface area contributed by atoms with Crippen LogP contribution in [0.15, 0.2) is 37.1 Å². The summed E-state index contributed by atoms with van der Waals surface area (Å²) in [6.07, 6.45) is 7.14. The third-order valence-corrected chi connectivity index (χ3v) is 1.92. The Bertz CT molecular complexity index is 384. The van der Waals surface area contributed by atoms with E-state index in [9.17, 15) is 0 Å². The molecule has 2 heterocycles. The minimum Gasteiger partial charge on any atom is -0.333 e. The molecule has 0 aliphatic carbocycles. The first-order chi connectivity index (χ1) is 6.34. The predicted molar refractivity (Wildman–Crippen MR) is 50.6 cm³/mol. The van der Waals surface area contributed by atoms with Gasteiger partial charge in [-0.3, -0.25) is 0 Å². The van der Waals surface area contributed by atoms with Gasteiger partial charge in [0.2, 0.25) is 0 Å². The summed E-state index contributed by atoms with van der Waals surface area (Å²) in [5, 5.41) is 0.526. The van der Waals surface area contributed by atoms with Crippen LogP contribution in [0.3, 0.4) is 0 Å². The average Bonchev–Trinajstić information content (AvgIpc) is 2.57. The first kappa shape index (κ1) is 8.26. The van der Waals surface area contributed by atoms with Crippen molar-refractivity contribution in [1.29, 1.82) is 0 Å². The van der Waals surface area contributed by atoms with Crippen LogP contribution in [-0.4, -0.2) is 14.5 Å². The van der Waals surface area contributed by atoms with Crippen molar-refractivity contribution in [3.8, 4) is 0 Å². The summed E-state index contributed by atoms with van der Waals surface area (Å²) in [5.41, 5.74) is 1.12. The van der Waals surface area contributed by atoms with E-state index >= 15 is 0 Å². The van der Waals surface area contributed by atoms with E-state index < -0.39 is 0 Å². The summed E-state index contributed by atoms with van der Waals surface area (Å²) in [6, 6.07) is 3.79. The molecule has 0 radical (unpaired) electrons. The molecule has 2 aromatic heterocycles. The zero-order valence-corrected chi connectivity index (χ0v) is 7.65. The molecule has 66 valence electrons. The van der Waals surface area contributed by atoms with Crippen LogP contribution in [0.1, 0.15) is 5.56 Å². The molecule has 0 amide bonds. The second-order valence-electron chi connectivity index (χ2n) is 2.72. The van der Waals surface area contributed by atoms with Crippen molar-refractivity contribution >= 4 is 11.6 Å². The van der Waals surface area contributed by atoms with Gasteiger partial charge in [0.05, 0.1) is 6.33 Å². The summed E-state index contributed by atoms with van der Waals surface area (Å²) >= 11 is 5.75. The minimum atomic E-state index is 0.526. The van der Waals surface area contributed by atoms with Gasteiger partial charge in [0, 0.05) is 25.1 Å². The lowest BCUT2D eigenvalue weighted by molar-refractivity contribution is 0.796. The van der Waals surface area contributed by atoms with Gasteiger partial charge in [-0.1, -0.05) is 11.6 Å². The minimum absolute atomic E-state index is 0.526. The smallest absolute Gasteiger partial charge is 0.129 e. The molecule has 0 aliphatic rings. The van der Waals surface area contributed by atoms with Gasteiger partial charge in [-0.05, 0) is 17.7 Å². The van der Waals surface area contributed by atoms with Crippen molar-refractivity contribution < 1.29 is 0 Å². The third kappa shape index (κ3) is 2.06. The number of imidazole rings is 1. The molecule has 2 rings (SSSR count). The van der Waals surface area contributed by atoms with Gasteiger partial charge < -0.3 is 4.57 Å². The highest BCUT2D eigenvalue weighted by Gasteiger charge is 1.95. The molecule has 3 nitrogen and oxygen atoms in total. The molecule has 0 aromatic carbocycles. The summed E-state index contributed by atoms with van der Waals surface area (Å²) in [6.45, 7) is 0.780. The van der Waals surface area contributed by atoms with Crippen LogP contribution >= 0.6 is 11.6 Å². The van der Waals surface area contributed by atoms with Crippen LogP contribution in [0.2, 0.25) is 5.15 Å². The van der Waals surface area contributed by atoms with Crippen LogP contribution < -0.4 is 0 Å². The van der Waals surface area contributed by atoms with E-state index in [0.717, 1.165) is 12.1 Å². The molecule has 0 atom stereocenters. The molecule has 0 bridgehead atoms. The normalized spacial score (nSPS) is 10.2. The fourth-order valence-electron chi connectivity index (χ4n) is 1.13. The molecule has 0 spiro atoms. The summed E-state index contributed by atoms with van der Waals surface area (Å²) in [7, 11) is 0. The van der Waals surface area contributed by atoms with Gasteiger partial charge in [-0.15, -0.1) is 0 Å². The number of aromatic nitrogens is 3. The van der Waals surface area contributed by atoms with Crippen molar-refractivity contribution in [2.24, 2.45) is 0 Å². The molecule has 13 heavy (non-hydrogen) atoms. The Labute approximate surface area is 81.0 Å². The van der Waals surface area contributed by atoms with E-state index in [4.69, 9.17) is 11.6 Å². The Kier molecular flexibility index (Phi) is 2.27. The van der Waals surface area contributed by atoms with Crippen LogP contribution in [0.4, 0.5) is 0 Å². The summed E-state index contributed by atoms with van der Waals surface area (Å²) in [4.78, 5) is 7.86. The van der Waals surface area contributed by atoms with Gasteiger partial charge in [0.15, 0.2) is 0 Å². The maximum absolute atomic E-state index is 5.75. The van der Waals surface area contributed by atoms with E-state index in [2.05, 4.69) is 9.97 Å². The fraction of sp³-hybridized carbons (Fsp3) is 0.111. The highest BCUT2D eigenvalue weighted by atomic mass is 35.5. The van der Waals surface area contributed by atoms with Crippen LogP contribution in [0.5, 0.6) is 0 Å². The van der Waals surface area contributed by atoms with Crippen LogP contribution in [0.25, 0.3) is 0 Å². The molecule has 0 saturated heterocycles. The lowest BCUT2D eigenvalue weighted by Gasteiger charge is -2.01. The maximum Gasteiger partial charge on any atom is 0.129 e. The zero-order valence-electron chi connectivity index (χ0n) is 6.89. The Hall–Kier alpha value is -1.35. The number of hydrogen-bond acceptors (Lipinski definition) is 2. The Morgan fingerprint density at radius 3 is 3.00 bits per heavy atom. The first-order valence-corrected chi connectivity index (χ1v) is 4.28. The monoisotopic (exact) mass is 193 g/mol. The molecular formula is C9H8ClN3.